The Kier molecular flexibility index (Phi) is 2.37. The second-order valence-electron chi connectivity index (χ2n) is 3.16. The van der Waals surface area contributed by atoms with Crippen LogP contribution in [0.5, 0.6) is 0 Å². The highest BCUT2D eigenvalue weighted by Crippen LogP contribution is 2.34. The lowest BCUT2D eigenvalue weighted by Crippen LogP contribution is -2.04. The molecule has 0 bridgehead atoms. The zero-order chi connectivity index (χ0) is 10.8. The van der Waals surface area contributed by atoms with Crippen LogP contribution in [0.15, 0.2) is 30.5 Å². The molecule has 0 aromatic heterocycles. The Morgan fingerprint density at radius 2 is 2.33 bits per heavy atom. The summed E-state index contributed by atoms with van der Waals surface area (Å²) in [6.45, 7) is 0. The Morgan fingerprint density at radius 1 is 1.53 bits per heavy atom. The monoisotopic (exact) mass is 209 g/mol. The molecule has 15 heavy (non-hydrogen) atoms. The fraction of sp³-hybridized carbons (Fsp3) is 0.200. The molecule has 1 heterocycles. The van der Waals surface area contributed by atoms with Crippen molar-refractivity contribution in [2.24, 2.45) is 0 Å². The van der Waals surface area contributed by atoms with E-state index in [0.29, 0.717) is 6.42 Å². The summed E-state index contributed by atoms with van der Waals surface area (Å²) in [6.07, 6.45) is 3.02. The van der Waals surface area contributed by atoms with E-state index < -0.39 is 16.8 Å². The van der Waals surface area contributed by atoms with Crippen molar-refractivity contribution in [1.82, 2.24) is 0 Å². The summed E-state index contributed by atoms with van der Waals surface area (Å²) in [4.78, 5) is 10.1. The highest BCUT2D eigenvalue weighted by molar-refractivity contribution is 5.43. The van der Waals surface area contributed by atoms with Crippen molar-refractivity contribution < 1.29 is 14.1 Å². The van der Waals surface area contributed by atoms with Crippen LogP contribution in [0, 0.1) is 15.9 Å². The number of nitro benzene ring substituents is 1. The molecule has 0 aliphatic carbocycles. The van der Waals surface area contributed by atoms with Gasteiger partial charge in [0.2, 0.25) is 0 Å². The molecule has 1 aromatic carbocycles. The lowest BCUT2D eigenvalue weighted by molar-refractivity contribution is -0.386. The van der Waals surface area contributed by atoms with Crippen molar-refractivity contribution in [3.05, 3.63) is 52.0 Å². The molecule has 1 aliphatic heterocycles. The summed E-state index contributed by atoms with van der Waals surface area (Å²) in [7, 11) is 0. The number of hydrogen-bond donors (Lipinski definition) is 0. The Bertz CT molecular complexity index is 423. The van der Waals surface area contributed by atoms with Crippen molar-refractivity contribution in [1.29, 1.82) is 0 Å². The van der Waals surface area contributed by atoms with Gasteiger partial charge in [-0.25, -0.2) is 4.39 Å². The predicted molar refractivity (Wildman–Crippen MR) is 50.6 cm³/mol. The first kappa shape index (κ1) is 9.64. The van der Waals surface area contributed by atoms with Gasteiger partial charge in [-0.15, -0.1) is 0 Å². The minimum atomic E-state index is -0.599. The van der Waals surface area contributed by atoms with Gasteiger partial charge in [0.25, 0.3) is 5.69 Å². The van der Waals surface area contributed by atoms with Gasteiger partial charge < -0.3 is 4.74 Å². The van der Waals surface area contributed by atoms with Gasteiger partial charge >= 0.3 is 0 Å². The molecule has 1 unspecified atom stereocenters. The van der Waals surface area contributed by atoms with Crippen LogP contribution in [0.25, 0.3) is 0 Å². The molecular formula is C10H8FNO3. The first-order valence-electron chi connectivity index (χ1n) is 4.43. The van der Waals surface area contributed by atoms with E-state index in [4.69, 9.17) is 4.74 Å². The highest BCUT2D eigenvalue weighted by atomic mass is 19.1. The zero-order valence-corrected chi connectivity index (χ0v) is 7.72. The van der Waals surface area contributed by atoms with Gasteiger partial charge in [0.15, 0.2) is 0 Å². The molecule has 0 saturated heterocycles. The highest BCUT2D eigenvalue weighted by Gasteiger charge is 2.27. The van der Waals surface area contributed by atoms with E-state index in [9.17, 15) is 14.5 Å². The van der Waals surface area contributed by atoms with Crippen LogP contribution < -0.4 is 0 Å². The van der Waals surface area contributed by atoms with Crippen molar-refractivity contribution in [2.75, 3.05) is 0 Å². The largest absolute Gasteiger partial charge is 0.493 e. The molecule has 0 N–H and O–H groups in total. The Morgan fingerprint density at radius 3 is 2.93 bits per heavy atom. The van der Waals surface area contributed by atoms with Gasteiger partial charge in [-0.1, -0.05) is 6.07 Å². The van der Waals surface area contributed by atoms with Gasteiger partial charge in [-0.05, 0) is 12.1 Å². The molecule has 0 radical (unpaired) electrons. The second kappa shape index (κ2) is 3.68. The SMILES string of the molecule is O=[N+]([O-])c1cccc(F)c1C1CC=CO1. The van der Waals surface area contributed by atoms with Crippen molar-refractivity contribution in [3.8, 4) is 0 Å². The molecule has 78 valence electrons. The summed E-state index contributed by atoms with van der Waals surface area (Å²) in [6, 6.07) is 3.80. The Labute approximate surface area is 85.1 Å². The third kappa shape index (κ3) is 1.68. The quantitative estimate of drug-likeness (QED) is 0.555. The molecule has 0 fully saturated rings. The maximum Gasteiger partial charge on any atom is 0.279 e. The Balaban J connectivity index is 2.47. The number of benzene rings is 1. The number of rotatable bonds is 2. The number of halogens is 1. The van der Waals surface area contributed by atoms with Crippen LogP contribution >= 0.6 is 0 Å². The first-order valence-corrected chi connectivity index (χ1v) is 4.43. The summed E-state index contributed by atoms with van der Waals surface area (Å²) >= 11 is 0. The lowest BCUT2D eigenvalue weighted by Gasteiger charge is -2.11. The summed E-state index contributed by atoms with van der Waals surface area (Å²) in [5, 5.41) is 10.7. The lowest BCUT2D eigenvalue weighted by atomic mass is 10.0. The standard InChI is InChI=1S/C10H8FNO3/c11-7-3-1-4-8(12(13)14)10(7)9-5-2-6-15-9/h1-4,6,9H,5H2. The van der Waals surface area contributed by atoms with Crippen molar-refractivity contribution >= 4 is 5.69 Å². The van der Waals surface area contributed by atoms with E-state index in [-0.39, 0.29) is 11.3 Å². The van der Waals surface area contributed by atoms with E-state index in [0.717, 1.165) is 0 Å². The third-order valence-electron chi connectivity index (χ3n) is 2.24. The van der Waals surface area contributed by atoms with E-state index >= 15 is 0 Å². The maximum absolute atomic E-state index is 13.5. The fourth-order valence-electron chi connectivity index (χ4n) is 1.57. The molecular weight excluding hydrogens is 201 g/mol. The summed E-state index contributed by atoms with van der Waals surface area (Å²) in [5.41, 5.74) is -0.212. The summed E-state index contributed by atoms with van der Waals surface area (Å²) < 4.78 is 18.5. The second-order valence-corrected chi connectivity index (χ2v) is 3.16. The van der Waals surface area contributed by atoms with Crippen molar-refractivity contribution in [3.63, 3.8) is 0 Å². The minimum Gasteiger partial charge on any atom is -0.493 e. The molecule has 2 rings (SSSR count). The van der Waals surface area contributed by atoms with E-state index in [1.807, 2.05) is 0 Å². The summed E-state index contributed by atoms with van der Waals surface area (Å²) in [5.74, 6) is -0.599. The van der Waals surface area contributed by atoms with E-state index in [1.165, 1.54) is 24.5 Å². The number of nitrogens with zero attached hydrogens (tertiary/aromatic N) is 1. The topological polar surface area (TPSA) is 52.4 Å². The maximum atomic E-state index is 13.5. The van der Waals surface area contributed by atoms with E-state index in [2.05, 4.69) is 0 Å². The molecule has 4 nitrogen and oxygen atoms in total. The van der Waals surface area contributed by atoms with Gasteiger partial charge in [0.05, 0.1) is 11.2 Å². The van der Waals surface area contributed by atoms with Gasteiger partial charge in [0.1, 0.15) is 17.5 Å². The average Bonchev–Trinajstić information content (AvgIpc) is 2.70. The van der Waals surface area contributed by atoms with E-state index in [1.54, 1.807) is 6.08 Å². The van der Waals surface area contributed by atoms with Crippen molar-refractivity contribution in [2.45, 2.75) is 12.5 Å². The van der Waals surface area contributed by atoms with Crippen LogP contribution in [0.1, 0.15) is 18.1 Å². The van der Waals surface area contributed by atoms with Crippen LogP contribution in [0.3, 0.4) is 0 Å². The molecule has 1 aromatic rings. The molecule has 1 aliphatic rings. The zero-order valence-electron chi connectivity index (χ0n) is 7.72. The first-order chi connectivity index (χ1) is 7.20. The number of nitro groups is 1. The number of hydrogen-bond acceptors (Lipinski definition) is 3. The Hall–Kier alpha value is -1.91. The van der Waals surface area contributed by atoms with Crippen LogP contribution in [0.4, 0.5) is 10.1 Å². The molecule has 0 spiro atoms. The minimum absolute atomic E-state index is 0.0208. The van der Waals surface area contributed by atoms with Gasteiger partial charge in [0, 0.05) is 12.5 Å². The molecule has 0 saturated carbocycles. The molecule has 0 amide bonds. The number of ether oxygens (including phenoxy) is 1. The molecule has 1 atom stereocenters. The smallest absolute Gasteiger partial charge is 0.279 e. The average molecular weight is 209 g/mol. The molecule has 5 heteroatoms. The van der Waals surface area contributed by atoms with Crippen LogP contribution in [0.2, 0.25) is 0 Å². The normalized spacial score (nSPS) is 18.9. The van der Waals surface area contributed by atoms with Crippen LogP contribution in [-0.4, -0.2) is 4.92 Å². The van der Waals surface area contributed by atoms with Gasteiger partial charge in [-0.2, -0.15) is 0 Å². The van der Waals surface area contributed by atoms with Gasteiger partial charge in [-0.3, -0.25) is 10.1 Å². The third-order valence-corrected chi connectivity index (χ3v) is 2.24. The van der Waals surface area contributed by atoms with Crippen LogP contribution in [-0.2, 0) is 4.74 Å². The fourth-order valence-corrected chi connectivity index (χ4v) is 1.57. The predicted octanol–water partition coefficient (Wildman–Crippen LogP) is 2.71.